The number of unbranched alkanes of at least 4 members (excludes halogenated alkanes) is 1. The molecule has 1 rings (SSSR count). The summed E-state index contributed by atoms with van der Waals surface area (Å²) in [4.78, 5) is 6.60. The number of aromatic nitrogens is 1. The molecule has 1 heterocycles. The Labute approximate surface area is 98.0 Å². The minimum Gasteiger partial charge on any atom is -0.397 e. The molecule has 0 spiro atoms. The second kappa shape index (κ2) is 7.01. The highest BCUT2D eigenvalue weighted by Crippen LogP contribution is 2.03. The first-order valence-corrected chi connectivity index (χ1v) is 5.72. The Balaban J connectivity index is 2.23. The van der Waals surface area contributed by atoms with E-state index in [0.29, 0.717) is 0 Å². The zero-order valence-electron chi connectivity index (χ0n) is 10.0. The first kappa shape index (κ1) is 12.7. The van der Waals surface area contributed by atoms with Crippen molar-refractivity contribution in [1.82, 2.24) is 9.88 Å². The van der Waals surface area contributed by atoms with Crippen molar-refractivity contribution in [3.05, 3.63) is 36.7 Å². The Morgan fingerprint density at radius 3 is 2.88 bits per heavy atom. The summed E-state index contributed by atoms with van der Waals surface area (Å²) in [6.45, 7) is 5.87. The fourth-order valence-corrected chi connectivity index (χ4v) is 1.51. The normalized spacial score (nSPS) is 10.6. The SMILES string of the molecule is C=CCCCN(C)CCc1ccc(N)cn1. The van der Waals surface area contributed by atoms with Gasteiger partial charge in [0.1, 0.15) is 0 Å². The number of nitrogen functional groups attached to an aromatic ring is 1. The summed E-state index contributed by atoms with van der Waals surface area (Å²) in [5.74, 6) is 0. The second-order valence-electron chi connectivity index (χ2n) is 4.07. The van der Waals surface area contributed by atoms with Crippen LogP contribution in [0.15, 0.2) is 31.0 Å². The molecular weight excluding hydrogens is 198 g/mol. The van der Waals surface area contributed by atoms with Crippen LogP contribution in [0, 0.1) is 0 Å². The number of anilines is 1. The predicted molar refractivity (Wildman–Crippen MR) is 69.3 cm³/mol. The standard InChI is InChI=1S/C13H21N3/c1-3-4-5-9-16(2)10-8-13-7-6-12(14)11-15-13/h3,6-7,11H,1,4-5,8-10,14H2,2H3. The van der Waals surface area contributed by atoms with Gasteiger partial charge in [-0.3, -0.25) is 4.98 Å². The maximum atomic E-state index is 5.58. The van der Waals surface area contributed by atoms with Crippen LogP contribution >= 0.6 is 0 Å². The molecular formula is C13H21N3. The van der Waals surface area contributed by atoms with Crippen molar-refractivity contribution >= 4 is 5.69 Å². The van der Waals surface area contributed by atoms with Gasteiger partial charge in [-0.15, -0.1) is 6.58 Å². The van der Waals surface area contributed by atoms with Gasteiger partial charge in [0.25, 0.3) is 0 Å². The third-order valence-corrected chi connectivity index (χ3v) is 2.55. The molecule has 3 nitrogen and oxygen atoms in total. The van der Waals surface area contributed by atoms with Crippen LogP contribution in [0.4, 0.5) is 5.69 Å². The van der Waals surface area contributed by atoms with Crippen LogP contribution in [-0.4, -0.2) is 30.0 Å². The third kappa shape index (κ3) is 4.94. The molecule has 2 N–H and O–H groups in total. The molecule has 16 heavy (non-hydrogen) atoms. The molecule has 0 amide bonds. The lowest BCUT2D eigenvalue weighted by Crippen LogP contribution is -2.22. The van der Waals surface area contributed by atoms with Crippen LogP contribution in [0.5, 0.6) is 0 Å². The van der Waals surface area contributed by atoms with Crippen molar-refractivity contribution in [3.63, 3.8) is 0 Å². The number of hydrogen-bond acceptors (Lipinski definition) is 3. The van der Waals surface area contributed by atoms with E-state index in [0.717, 1.165) is 37.3 Å². The Morgan fingerprint density at radius 1 is 1.44 bits per heavy atom. The lowest BCUT2D eigenvalue weighted by atomic mass is 10.2. The molecule has 1 aromatic rings. The van der Waals surface area contributed by atoms with Crippen LogP contribution in [0.25, 0.3) is 0 Å². The van der Waals surface area contributed by atoms with Crippen molar-refractivity contribution in [3.8, 4) is 0 Å². The summed E-state index contributed by atoms with van der Waals surface area (Å²) in [6, 6.07) is 3.90. The summed E-state index contributed by atoms with van der Waals surface area (Å²) in [5, 5.41) is 0. The van der Waals surface area contributed by atoms with Gasteiger partial charge < -0.3 is 10.6 Å². The molecule has 0 bridgehead atoms. The van der Waals surface area contributed by atoms with E-state index in [1.54, 1.807) is 6.20 Å². The number of nitrogens with zero attached hydrogens (tertiary/aromatic N) is 2. The molecule has 0 aliphatic carbocycles. The van der Waals surface area contributed by atoms with Crippen LogP contribution < -0.4 is 5.73 Å². The molecule has 0 aliphatic rings. The molecule has 0 unspecified atom stereocenters. The number of pyridine rings is 1. The lowest BCUT2D eigenvalue weighted by molar-refractivity contribution is 0.333. The van der Waals surface area contributed by atoms with Crippen LogP contribution in [0.2, 0.25) is 0 Å². The Kier molecular flexibility index (Phi) is 5.57. The van der Waals surface area contributed by atoms with Gasteiger partial charge in [-0.05, 0) is 38.6 Å². The highest BCUT2D eigenvalue weighted by Gasteiger charge is 1.99. The maximum absolute atomic E-state index is 5.58. The number of rotatable bonds is 7. The average molecular weight is 219 g/mol. The van der Waals surface area contributed by atoms with Crippen molar-refractivity contribution in [2.45, 2.75) is 19.3 Å². The molecule has 0 saturated heterocycles. The highest BCUT2D eigenvalue weighted by molar-refractivity contribution is 5.34. The molecule has 0 fully saturated rings. The zero-order chi connectivity index (χ0) is 11.8. The van der Waals surface area contributed by atoms with E-state index in [2.05, 4.69) is 23.5 Å². The minimum atomic E-state index is 0.725. The van der Waals surface area contributed by atoms with Gasteiger partial charge in [0.15, 0.2) is 0 Å². The van der Waals surface area contributed by atoms with Crippen molar-refractivity contribution < 1.29 is 0 Å². The van der Waals surface area contributed by atoms with Gasteiger partial charge in [0, 0.05) is 18.7 Å². The number of nitrogens with two attached hydrogens (primary N) is 1. The Hall–Kier alpha value is -1.35. The van der Waals surface area contributed by atoms with Gasteiger partial charge in [-0.2, -0.15) is 0 Å². The van der Waals surface area contributed by atoms with E-state index in [-0.39, 0.29) is 0 Å². The zero-order valence-corrected chi connectivity index (χ0v) is 10.0. The topological polar surface area (TPSA) is 42.1 Å². The monoisotopic (exact) mass is 219 g/mol. The fraction of sp³-hybridized carbons (Fsp3) is 0.462. The molecule has 1 aromatic heterocycles. The van der Waals surface area contributed by atoms with Gasteiger partial charge >= 0.3 is 0 Å². The van der Waals surface area contributed by atoms with E-state index >= 15 is 0 Å². The molecule has 0 atom stereocenters. The van der Waals surface area contributed by atoms with Gasteiger partial charge in [-0.1, -0.05) is 6.08 Å². The van der Waals surface area contributed by atoms with Gasteiger partial charge in [-0.25, -0.2) is 0 Å². The smallest absolute Gasteiger partial charge is 0.0501 e. The molecule has 88 valence electrons. The summed E-state index contributed by atoms with van der Waals surface area (Å²) >= 11 is 0. The van der Waals surface area contributed by atoms with Crippen molar-refractivity contribution in [2.75, 3.05) is 25.9 Å². The molecule has 0 radical (unpaired) electrons. The van der Waals surface area contributed by atoms with Crippen molar-refractivity contribution in [2.24, 2.45) is 0 Å². The number of likely N-dealkylation sites (N-methyl/N-ethyl adjacent to an activating group) is 1. The third-order valence-electron chi connectivity index (χ3n) is 2.55. The van der Waals surface area contributed by atoms with E-state index in [1.807, 2.05) is 18.2 Å². The Bertz CT molecular complexity index is 305. The van der Waals surface area contributed by atoms with Crippen molar-refractivity contribution in [1.29, 1.82) is 0 Å². The summed E-state index contributed by atoms with van der Waals surface area (Å²) in [5.41, 5.74) is 7.41. The van der Waals surface area contributed by atoms with E-state index < -0.39 is 0 Å². The first-order valence-electron chi connectivity index (χ1n) is 5.72. The van der Waals surface area contributed by atoms with E-state index in [4.69, 9.17) is 5.73 Å². The summed E-state index contributed by atoms with van der Waals surface area (Å²) < 4.78 is 0. The van der Waals surface area contributed by atoms with Crippen LogP contribution in [0.3, 0.4) is 0 Å². The first-order chi connectivity index (χ1) is 7.72. The van der Waals surface area contributed by atoms with Crippen LogP contribution in [-0.2, 0) is 6.42 Å². The largest absolute Gasteiger partial charge is 0.397 e. The number of hydrogen-bond donors (Lipinski definition) is 1. The summed E-state index contributed by atoms with van der Waals surface area (Å²) in [6.07, 6.45) is 6.92. The predicted octanol–water partition coefficient (Wildman–Crippen LogP) is 2.10. The minimum absolute atomic E-state index is 0.725. The van der Waals surface area contributed by atoms with Gasteiger partial charge in [0.05, 0.1) is 11.9 Å². The number of allylic oxidation sites excluding steroid dienone is 1. The Morgan fingerprint density at radius 2 is 2.25 bits per heavy atom. The van der Waals surface area contributed by atoms with Crippen LogP contribution in [0.1, 0.15) is 18.5 Å². The van der Waals surface area contributed by atoms with E-state index in [1.165, 1.54) is 6.42 Å². The van der Waals surface area contributed by atoms with E-state index in [9.17, 15) is 0 Å². The second-order valence-corrected chi connectivity index (χ2v) is 4.07. The molecule has 0 aromatic carbocycles. The molecule has 3 heteroatoms. The molecule has 0 saturated carbocycles. The maximum Gasteiger partial charge on any atom is 0.0501 e. The quantitative estimate of drug-likeness (QED) is 0.564. The van der Waals surface area contributed by atoms with Gasteiger partial charge in [0.2, 0.25) is 0 Å². The average Bonchev–Trinajstić information content (AvgIpc) is 2.29. The fourth-order valence-electron chi connectivity index (χ4n) is 1.51. The lowest BCUT2D eigenvalue weighted by Gasteiger charge is -2.15. The highest BCUT2D eigenvalue weighted by atomic mass is 15.1. The summed E-state index contributed by atoms with van der Waals surface area (Å²) in [7, 11) is 2.14. The molecule has 0 aliphatic heterocycles.